The van der Waals surface area contributed by atoms with Gasteiger partial charge in [0.2, 0.25) is 5.91 Å². The predicted molar refractivity (Wildman–Crippen MR) is 82.7 cm³/mol. The molecule has 20 heavy (non-hydrogen) atoms. The van der Waals surface area contributed by atoms with Crippen molar-refractivity contribution >= 4 is 5.91 Å². The lowest BCUT2D eigenvalue weighted by Crippen LogP contribution is -2.44. The first-order valence-electron chi connectivity index (χ1n) is 8.18. The lowest BCUT2D eigenvalue weighted by Gasteiger charge is -2.35. The van der Waals surface area contributed by atoms with Crippen LogP contribution in [0.2, 0.25) is 0 Å². The second-order valence-corrected chi connectivity index (χ2v) is 6.88. The van der Waals surface area contributed by atoms with Gasteiger partial charge in [-0.15, -0.1) is 0 Å². The van der Waals surface area contributed by atoms with Gasteiger partial charge in [-0.2, -0.15) is 0 Å². The van der Waals surface area contributed by atoms with E-state index in [2.05, 4.69) is 30.7 Å². The molecule has 0 spiro atoms. The Kier molecular flexibility index (Phi) is 5.44. The van der Waals surface area contributed by atoms with Crippen LogP contribution in [0.1, 0.15) is 39.5 Å². The van der Waals surface area contributed by atoms with Gasteiger partial charge in [-0.1, -0.05) is 0 Å². The van der Waals surface area contributed by atoms with Gasteiger partial charge in [0.05, 0.1) is 0 Å². The van der Waals surface area contributed by atoms with Crippen LogP contribution in [0.25, 0.3) is 0 Å². The highest BCUT2D eigenvalue weighted by Crippen LogP contribution is 2.25. The van der Waals surface area contributed by atoms with Gasteiger partial charge >= 0.3 is 0 Å². The molecule has 0 radical (unpaired) electrons. The Bertz CT molecular complexity index is 320. The number of carbonyl (C=O) groups is 1. The zero-order chi connectivity index (χ0) is 14.7. The molecule has 0 aromatic carbocycles. The molecule has 1 saturated carbocycles. The normalized spacial score (nSPS) is 21.7. The third-order valence-corrected chi connectivity index (χ3v) is 4.94. The number of rotatable bonds is 6. The van der Waals surface area contributed by atoms with E-state index in [-0.39, 0.29) is 5.92 Å². The van der Waals surface area contributed by atoms with E-state index in [4.69, 9.17) is 0 Å². The third-order valence-electron chi connectivity index (χ3n) is 4.94. The number of nitrogens with zero attached hydrogens (tertiary/aromatic N) is 3. The van der Waals surface area contributed by atoms with Crippen LogP contribution in [0.4, 0.5) is 0 Å². The Morgan fingerprint density at radius 3 is 2.20 bits per heavy atom. The Morgan fingerprint density at radius 2 is 1.70 bits per heavy atom. The van der Waals surface area contributed by atoms with Crippen molar-refractivity contribution < 1.29 is 4.79 Å². The second kappa shape index (κ2) is 6.90. The molecule has 0 aromatic heterocycles. The Hall–Kier alpha value is -0.610. The van der Waals surface area contributed by atoms with E-state index in [0.717, 1.165) is 45.1 Å². The molecule has 2 rings (SSSR count). The highest BCUT2D eigenvalue weighted by molar-refractivity contribution is 5.78. The first kappa shape index (κ1) is 15.8. The highest BCUT2D eigenvalue weighted by atomic mass is 16.2. The van der Waals surface area contributed by atoms with Gasteiger partial charge < -0.3 is 14.7 Å². The van der Waals surface area contributed by atoms with E-state index >= 15 is 0 Å². The summed E-state index contributed by atoms with van der Waals surface area (Å²) in [5, 5.41) is 0. The van der Waals surface area contributed by atoms with Crippen LogP contribution in [-0.4, -0.2) is 73.0 Å². The van der Waals surface area contributed by atoms with Crippen molar-refractivity contribution in [2.75, 3.05) is 40.3 Å². The van der Waals surface area contributed by atoms with E-state index in [1.165, 1.54) is 12.8 Å². The monoisotopic (exact) mass is 281 g/mol. The molecule has 1 saturated heterocycles. The summed E-state index contributed by atoms with van der Waals surface area (Å²) in [7, 11) is 4.15. The van der Waals surface area contributed by atoms with Gasteiger partial charge in [0.15, 0.2) is 0 Å². The smallest absolute Gasteiger partial charge is 0.225 e. The molecular weight excluding hydrogens is 250 g/mol. The van der Waals surface area contributed by atoms with Crippen molar-refractivity contribution in [2.45, 2.75) is 51.6 Å². The summed E-state index contributed by atoms with van der Waals surface area (Å²) >= 11 is 0. The summed E-state index contributed by atoms with van der Waals surface area (Å²) in [6.07, 6.45) is 4.73. The molecule has 1 amide bonds. The molecule has 0 N–H and O–H groups in total. The van der Waals surface area contributed by atoms with Crippen molar-refractivity contribution in [2.24, 2.45) is 5.92 Å². The van der Waals surface area contributed by atoms with E-state index in [1.807, 2.05) is 11.9 Å². The number of piperidine rings is 1. The van der Waals surface area contributed by atoms with Gasteiger partial charge in [0, 0.05) is 38.1 Å². The highest BCUT2D eigenvalue weighted by Gasteiger charge is 2.29. The van der Waals surface area contributed by atoms with Crippen LogP contribution in [-0.2, 0) is 4.79 Å². The fourth-order valence-corrected chi connectivity index (χ4v) is 3.09. The quantitative estimate of drug-likeness (QED) is 0.741. The first-order chi connectivity index (χ1) is 9.49. The summed E-state index contributed by atoms with van der Waals surface area (Å²) in [6, 6.07) is 1.39. The Balaban J connectivity index is 1.70. The summed E-state index contributed by atoms with van der Waals surface area (Å²) in [5.74, 6) is 0.610. The molecule has 116 valence electrons. The van der Waals surface area contributed by atoms with E-state index in [9.17, 15) is 4.79 Å². The van der Waals surface area contributed by atoms with Crippen molar-refractivity contribution in [1.82, 2.24) is 14.7 Å². The van der Waals surface area contributed by atoms with Crippen LogP contribution in [0.15, 0.2) is 0 Å². The zero-order valence-electron chi connectivity index (χ0n) is 13.6. The minimum atomic E-state index is 0.251. The average Bonchev–Trinajstić information content (AvgIpc) is 3.28. The first-order valence-corrected chi connectivity index (χ1v) is 8.18. The molecule has 4 nitrogen and oxygen atoms in total. The standard InChI is InChI=1S/C16H31N3O/c1-13(2)19-9-7-14(8-10-19)16(20)18(4)12-11-17(3)15-5-6-15/h13-15H,5-12H2,1-4H3. The van der Waals surface area contributed by atoms with Gasteiger partial charge in [-0.3, -0.25) is 4.79 Å². The maximum Gasteiger partial charge on any atom is 0.225 e. The van der Waals surface area contributed by atoms with E-state index in [1.54, 1.807) is 0 Å². The molecule has 2 fully saturated rings. The summed E-state index contributed by atoms with van der Waals surface area (Å²) in [6.45, 7) is 8.51. The number of hydrogen-bond acceptors (Lipinski definition) is 3. The molecule has 2 aliphatic rings. The van der Waals surface area contributed by atoms with Gasteiger partial charge in [0.1, 0.15) is 0 Å². The number of hydrogen-bond donors (Lipinski definition) is 0. The molecule has 1 aliphatic carbocycles. The van der Waals surface area contributed by atoms with Crippen molar-refractivity contribution in [3.63, 3.8) is 0 Å². The topological polar surface area (TPSA) is 26.8 Å². The van der Waals surface area contributed by atoms with Crippen molar-refractivity contribution in [3.8, 4) is 0 Å². The van der Waals surface area contributed by atoms with Crippen LogP contribution in [0.5, 0.6) is 0 Å². The minimum absolute atomic E-state index is 0.251. The zero-order valence-corrected chi connectivity index (χ0v) is 13.6. The fraction of sp³-hybridized carbons (Fsp3) is 0.938. The third kappa shape index (κ3) is 4.19. The van der Waals surface area contributed by atoms with Gasteiger partial charge in [-0.25, -0.2) is 0 Å². The average molecular weight is 281 g/mol. The summed E-state index contributed by atoms with van der Waals surface area (Å²) in [5.41, 5.74) is 0. The molecule has 1 aliphatic heterocycles. The lowest BCUT2D eigenvalue weighted by molar-refractivity contribution is -0.136. The maximum absolute atomic E-state index is 12.5. The predicted octanol–water partition coefficient (Wildman–Crippen LogP) is 1.66. The molecule has 0 bridgehead atoms. The minimum Gasteiger partial charge on any atom is -0.344 e. The summed E-state index contributed by atoms with van der Waals surface area (Å²) < 4.78 is 0. The number of carbonyl (C=O) groups excluding carboxylic acids is 1. The Labute approximate surface area is 124 Å². The molecule has 0 atom stereocenters. The SMILES string of the molecule is CC(C)N1CCC(C(=O)N(C)CCN(C)C2CC2)CC1. The lowest BCUT2D eigenvalue weighted by atomic mass is 9.94. The second-order valence-electron chi connectivity index (χ2n) is 6.88. The van der Waals surface area contributed by atoms with E-state index in [0.29, 0.717) is 11.9 Å². The molecular formula is C16H31N3O. The molecule has 4 heteroatoms. The number of amides is 1. The van der Waals surface area contributed by atoms with Crippen LogP contribution < -0.4 is 0 Å². The fourth-order valence-electron chi connectivity index (χ4n) is 3.09. The number of likely N-dealkylation sites (tertiary alicyclic amines) is 1. The van der Waals surface area contributed by atoms with Crippen molar-refractivity contribution in [1.29, 1.82) is 0 Å². The van der Waals surface area contributed by atoms with Crippen molar-refractivity contribution in [3.05, 3.63) is 0 Å². The van der Waals surface area contributed by atoms with Crippen LogP contribution in [0.3, 0.4) is 0 Å². The van der Waals surface area contributed by atoms with Gasteiger partial charge in [-0.05, 0) is 59.7 Å². The Morgan fingerprint density at radius 1 is 1.10 bits per heavy atom. The maximum atomic E-state index is 12.5. The van der Waals surface area contributed by atoms with Gasteiger partial charge in [0.25, 0.3) is 0 Å². The number of likely N-dealkylation sites (N-methyl/N-ethyl adjacent to an activating group) is 2. The van der Waals surface area contributed by atoms with E-state index < -0.39 is 0 Å². The largest absolute Gasteiger partial charge is 0.344 e. The van der Waals surface area contributed by atoms with Crippen LogP contribution in [0, 0.1) is 5.92 Å². The molecule has 0 unspecified atom stereocenters. The van der Waals surface area contributed by atoms with Crippen LogP contribution >= 0.6 is 0 Å². The molecule has 0 aromatic rings. The molecule has 1 heterocycles. The summed E-state index contributed by atoms with van der Waals surface area (Å²) in [4.78, 5) is 19.3.